The van der Waals surface area contributed by atoms with E-state index in [0.29, 0.717) is 16.3 Å². The molecule has 1 amide bonds. The van der Waals surface area contributed by atoms with E-state index in [2.05, 4.69) is 15.3 Å². The second-order valence-corrected chi connectivity index (χ2v) is 4.88. The summed E-state index contributed by atoms with van der Waals surface area (Å²) in [6.07, 6.45) is 1.39. The number of aromatic amines is 1. The summed E-state index contributed by atoms with van der Waals surface area (Å²) in [5, 5.41) is 3.02. The van der Waals surface area contributed by atoms with Gasteiger partial charge in [0.25, 0.3) is 11.5 Å². The van der Waals surface area contributed by atoms with Crippen molar-refractivity contribution in [1.82, 2.24) is 15.3 Å². The van der Waals surface area contributed by atoms with E-state index in [1.807, 2.05) is 19.9 Å². The van der Waals surface area contributed by atoms with Crippen LogP contribution >= 0.6 is 11.6 Å². The summed E-state index contributed by atoms with van der Waals surface area (Å²) in [4.78, 5) is 30.3. The average Bonchev–Trinajstić information content (AvgIpc) is 2.38. The first kappa shape index (κ1) is 14.3. The third kappa shape index (κ3) is 3.24. The van der Waals surface area contributed by atoms with Crippen LogP contribution in [0.1, 0.15) is 27.2 Å². The van der Waals surface area contributed by atoms with Crippen molar-refractivity contribution in [2.75, 3.05) is 0 Å². The number of rotatable bonds is 3. The highest BCUT2D eigenvalue weighted by molar-refractivity contribution is 6.29. The Morgan fingerprint density at radius 1 is 1.40 bits per heavy atom. The molecule has 2 aromatic heterocycles. The van der Waals surface area contributed by atoms with Gasteiger partial charge in [-0.2, -0.15) is 0 Å². The number of hydrogen-bond acceptors (Lipinski definition) is 3. The maximum atomic E-state index is 11.9. The first-order valence-electron chi connectivity index (χ1n) is 6.06. The lowest BCUT2D eigenvalue weighted by Gasteiger charge is -2.08. The molecule has 0 fully saturated rings. The molecule has 0 bridgehead atoms. The van der Waals surface area contributed by atoms with Crippen LogP contribution in [0.4, 0.5) is 0 Å². The second kappa shape index (κ2) is 5.88. The summed E-state index contributed by atoms with van der Waals surface area (Å²) in [5.41, 5.74) is 2.41. The maximum Gasteiger partial charge on any atom is 0.253 e. The van der Waals surface area contributed by atoms with Gasteiger partial charge in [-0.15, -0.1) is 0 Å². The van der Waals surface area contributed by atoms with Crippen LogP contribution in [-0.4, -0.2) is 15.9 Å². The minimum absolute atomic E-state index is 0.170. The van der Waals surface area contributed by atoms with E-state index in [4.69, 9.17) is 11.6 Å². The van der Waals surface area contributed by atoms with Crippen molar-refractivity contribution >= 4 is 17.5 Å². The normalized spacial score (nSPS) is 10.3. The molecule has 6 heteroatoms. The third-order valence-electron chi connectivity index (χ3n) is 2.91. The molecule has 0 aliphatic rings. The lowest BCUT2D eigenvalue weighted by Crippen LogP contribution is -2.28. The fourth-order valence-corrected chi connectivity index (χ4v) is 1.99. The summed E-state index contributed by atoms with van der Waals surface area (Å²) < 4.78 is 0. The predicted octanol–water partition coefficient (Wildman–Crippen LogP) is 1.97. The number of nitrogens with one attached hydrogen (secondary N) is 2. The Hall–Kier alpha value is -2.14. The number of aromatic nitrogens is 2. The average molecular weight is 292 g/mol. The van der Waals surface area contributed by atoms with E-state index in [1.54, 1.807) is 12.1 Å². The number of carbonyl (C=O) groups is 1. The number of carbonyl (C=O) groups excluding carboxylic acids is 1. The summed E-state index contributed by atoms with van der Waals surface area (Å²) in [6.45, 7) is 3.83. The van der Waals surface area contributed by atoms with Crippen LogP contribution in [0.2, 0.25) is 5.15 Å². The molecule has 2 aromatic rings. The van der Waals surface area contributed by atoms with Crippen LogP contribution in [-0.2, 0) is 6.54 Å². The Morgan fingerprint density at radius 3 is 2.75 bits per heavy atom. The lowest BCUT2D eigenvalue weighted by molar-refractivity contribution is 0.0950. The molecule has 0 aliphatic heterocycles. The summed E-state index contributed by atoms with van der Waals surface area (Å²) in [5.74, 6) is -0.298. The molecule has 0 saturated heterocycles. The van der Waals surface area contributed by atoms with Gasteiger partial charge in [0.1, 0.15) is 5.15 Å². The van der Waals surface area contributed by atoms with Gasteiger partial charge in [-0.25, -0.2) is 4.98 Å². The summed E-state index contributed by atoms with van der Waals surface area (Å²) >= 11 is 5.66. The number of pyridine rings is 2. The van der Waals surface area contributed by atoms with Gasteiger partial charge in [0.05, 0.1) is 5.56 Å². The standard InChI is InChI=1S/C14H14ClN3O2/c1-8-5-9(2)18-14(20)11(8)7-17-13(19)10-3-4-12(15)16-6-10/h3-6H,7H2,1-2H3,(H,17,19)(H,18,20). The van der Waals surface area contributed by atoms with Crippen LogP contribution < -0.4 is 10.9 Å². The van der Waals surface area contributed by atoms with E-state index < -0.39 is 0 Å². The Kier molecular flexibility index (Phi) is 4.20. The summed E-state index contributed by atoms with van der Waals surface area (Å²) in [7, 11) is 0. The molecule has 0 saturated carbocycles. The zero-order valence-corrected chi connectivity index (χ0v) is 11.9. The van der Waals surface area contributed by atoms with Crippen molar-refractivity contribution < 1.29 is 4.79 Å². The van der Waals surface area contributed by atoms with Gasteiger partial charge in [0.15, 0.2) is 0 Å². The number of amides is 1. The highest BCUT2D eigenvalue weighted by atomic mass is 35.5. The van der Waals surface area contributed by atoms with Gasteiger partial charge >= 0.3 is 0 Å². The van der Waals surface area contributed by atoms with E-state index in [0.717, 1.165) is 11.3 Å². The van der Waals surface area contributed by atoms with E-state index >= 15 is 0 Å². The number of nitrogens with zero attached hydrogens (tertiary/aromatic N) is 1. The quantitative estimate of drug-likeness (QED) is 0.849. The van der Waals surface area contributed by atoms with Crippen LogP contribution in [0, 0.1) is 13.8 Å². The molecule has 0 atom stereocenters. The molecule has 2 N–H and O–H groups in total. The number of H-pyrrole nitrogens is 1. The Labute approximate surface area is 121 Å². The van der Waals surface area contributed by atoms with Crippen molar-refractivity contribution in [2.24, 2.45) is 0 Å². The van der Waals surface area contributed by atoms with Crippen molar-refractivity contribution in [2.45, 2.75) is 20.4 Å². The van der Waals surface area contributed by atoms with Gasteiger partial charge in [-0.3, -0.25) is 9.59 Å². The van der Waals surface area contributed by atoms with Crippen molar-refractivity contribution in [3.63, 3.8) is 0 Å². The molecule has 0 unspecified atom stereocenters. The molecule has 0 aliphatic carbocycles. The van der Waals surface area contributed by atoms with Crippen LogP contribution in [0.25, 0.3) is 0 Å². The molecular weight excluding hydrogens is 278 g/mol. The maximum absolute atomic E-state index is 11.9. The van der Waals surface area contributed by atoms with Crippen molar-refractivity contribution in [3.05, 3.63) is 62.3 Å². The minimum atomic E-state index is -0.298. The predicted molar refractivity (Wildman–Crippen MR) is 77.0 cm³/mol. The van der Waals surface area contributed by atoms with Crippen molar-refractivity contribution in [3.8, 4) is 0 Å². The fourth-order valence-electron chi connectivity index (χ4n) is 1.88. The highest BCUT2D eigenvalue weighted by Crippen LogP contribution is 2.06. The topological polar surface area (TPSA) is 74.8 Å². The molecule has 0 radical (unpaired) electrons. The Bertz CT molecular complexity index is 693. The minimum Gasteiger partial charge on any atom is -0.348 e. The zero-order chi connectivity index (χ0) is 14.7. The first-order valence-corrected chi connectivity index (χ1v) is 6.44. The molecule has 0 spiro atoms. The largest absolute Gasteiger partial charge is 0.348 e. The van der Waals surface area contributed by atoms with Gasteiger partial charge < -0.3 is 10.3 Å². The molecule has 2 rings (SSSR count). The van der Waals surface area contributed by atoms with Crippen LogP contribution in [0.15, 0.2) is 29.2 Å². The number of halogens is 1. The molecule has 2 heterocycles. The first-order chi connectivity index (χ1) is 9.47. The van der Waals surface area contributed by atoms with E-state index in [1.165, 1.54) is 6.20 Å². The number of hydrogen-bond donors (Lipinski definition) is 2. The Morgan fingerprint density at radius 2 is 2.15 bits per heavy atom. The SMILES string of the molecule is Cc1cc(C)c(CNC(=O)c2ccc(Cl)nc2)c(=O)[nH]1. The monoisotopic (exact) mass is 291 g/mol. The lowest BCUT2D eigenvalue weighted by atomic mass is 10.1. The van der Waals surface area contributed by atoms with Gasteiger partial charge in [-0.05, 0) is 37.6 Å². The molecular formula is C14H14ClN3O2. The summed E-state index contributed by atoms with van der Waals surface area (Å²) in [6, 6.07) is 4.99. The molecule has 20 heavy (non-hydrogen) atoms. The highest BCUT2D eigenvalue weighted by Gasteiger charge is 2.09. The van der Waals surface area contributed by atoms with E-state index in [-0.39, 0.29) is 18.0 Å². The second-order valence-electron chi connectivity index (χ2n) is 4.50. The van der Waals surface area contributed by atoms with E-state index in [9.17, 15) is 9.59 Å². The molecule has 104 valence electrons. The molecule has 0 aromatic carbocycles. The van der Waals surface area contributed by atoms with Gasteiger partial charge in [-0.1, -0.05) is 11.6 Å². The zero-order valence-electron chi connectivity index (χ0n) is 11.2. The van der Waals surface area contributed by atoms with Crippen molar-refractivity contribution in [1.29, 1.82) is 0 Å². The van der Waals surface area contributed by atoms with Crippen LogP contribution in [0.5, 0.6) is 0 Å². The number of aryl methyl sites for hydroxylation is 2. The third-order valence-corrected chi connectivity index (χ3v) is 3.13. The Balaban J connectivity index is 2.11. The molecule has 5 nitrogen and oxygen atoms in total. The van der Waals surface area contributed by atoms with Gasteiger partial charge in [0.2, 0.25) is 0 Å². The van der Waals surface area contributed by atoms with Crippen LogP contribution in [0.3, 0.4) is 0 Å². The fraction of sp³-hybridized carbons (Fsp3) is 0.214. The van der Waals surface area contributed by atoms with Gasteiger partial charge in [0, 0.05) is 24.0 Å². The smallest absolute Gasteiger partial charge is 0.253 e.